The molecule has 0 unspecified atom stereocenters. The van der Waals surface area contributed by atoms with Crippen LogP contribution in [-0.4, -0.2) is 16.3 Å². The predicted octanol–water partition coefficient (Wildman–Crippen LogP) is 0.831. The molecule has 3 heteroatoms. The van der Waals surface area contributed by atoms with Crippen molar-refractivity contribution in [1.82, 2.24) is 0 Å². The zero-order valence-electron chi connectivity index (χ0n) is 6.32. The highest BCUT2D eigenvalue weighted by Gasteiger charge is 2.32. The van der Waals surface area contributed by atoms with Crippen molar-refractivity contribution in [2.24, 2.45) is 0 Å². The van der Waals surface area contributed by atoms with Crippen LogP contribution < -0.4 is 0 Å². The lowest BCUT2D eigenvalue weighted by Crippen LogP contribution is -2.08. The van der Waals surface area contributed by atoms with Crippen molar-refractivity contribution in [3.63, 3.8) is 0 Å². The molecule has 1 aromatic carbocycles. The van der Waals surface area contributed by atoms with Crippen molar-refractivity contribution < 1.29 is 9.58 Å². The average Bonchev–Trinajstić information content (AvgIpc) is 2.40. The van der Waals surface area contributed by atoms with Gasteiger partial charge in [-0.3, -0.25) is 4.79 Å². The molecule has 0 spiro atoms. The maximum Gasteiger partial charge on any atom is 0.365 e. The maximum atomic E-state index is 11.2. The van der Waals surface area contributed by atoms with Gasteiger partial charge in [-0.2, -0.15) is 4.79 Å². The van der Waals surface area contributed by atoms with Crippen molar-refractivity contribution in [3.8, 4) is 0 Å². The highest BCUT2D eigenvalue weighted by molar-refractivity contribution is 6.47. The van der Waals surface area contributed by atoms with E-state index in [2.05, 4.69) is 4.79 Å². The molecule has 0 N–H and O–H groups in total. The summed E-state index contributed by atoms with van der Waals surface area (Å²) in [5, 5.41) is 0. The first-order valence-electron chi connectivity index (χ1n) is 3.66. The summed E-state index contributed by atoms with van der Waals surface area (Å²) in [6.45, 7) is 0. The molecular weight excluding hydrogens is 152 g/mol. The number of Topliss-reactive ketones (excluding diaryl/α,β-unsaturated/α-hetero) is 1. The zero-order chi connectivity index (χ0) is 8.55. The predicted molar refractivity (Wildman–Crippen MR) is 42.9 cm³/mol. The van der Waals surface area contributed by atoms with Crippen LogP contribution in [0, 0.1) is 0 Å². The monoisotopic (exact) mass is 158 g/mol. The molecule has 0 atom stereocenters. The number of rotatable bonds is 0. The fraction of sp³-hybridized carbons (Fsp3) is 0.111. The van der Waals surface area contributed by atoms with E-state index < -0.39 is 0 Å². The first-order valence-corrected chi connectivity index (χ1v) is 3.66. The first-order chi connectivity index (χ1) is 5.83. The van der Waals surface area contributed by atoms with Gasteiger partial charge in [0, 0.05) is 6.42 Å². The largest absolute Gasteiger partial charge is 0.365 e. The van der Waals surface area contributed by atoms with Crippen LogP contribution in [0.5, 0.6) is 0 Å². The van der Waals surface area contributed by atoms with Crippen LogP contribution in [0.1, 0.15) is 11.1 Å². The molecule has 2 rings (SSSR count). The van der Waals surface area contributed by atoms with Gasteiger partial charge in [0.05, 0.1) is 5.56 Å². The van der Waals surface area contributed by atoms with Crippen LogP contribution >= 0.6 is 0 Å². The summed E-state index contributed by atoms with van der Waals surface area (Å²) >= 11 is 0. The first kappa shape index (κ1) is 6.95. The van der Waals surface area contributed by atoms with E-state index in [1.807, 2.05) is 18.2 Å². The number of carbonyl (C=O) groups excluding carboxylic acids is 1. The van der Waals surface area contributed by atoms with E-state index >= 15 is 0 Å². The Bertz CT molecular complexity index is 403. The minimum atomic E-state index is -0.112. The number of nitrogens with zero attached hydrogens (tertiary/aromatic N) is 2. The molecule has 0 aromatic heterocycles. The zero-order valence-corrected chi connectivity index (χ0v) is 6.32. The van der Waals surface area contributed by atoms with Gasteiger partial charge in [0.2, 0.25) is 5.78 Å². The third-order valence-corrected chi connectivity index (χ3v) is 1.99. The molecule has 58 valence electrons. The van der Waals surface area contributed by atoms with Gasteiger partial charge in [-0.25, -0.2) is 0 Å². The van der Waals surface area contributed by atoms with E-state index in [9.17, 15) is 4.79 Å². The Morgan fingerprint density at radius 1 is 1.33 bits per heavy atom. The third-order valence-electron chi connectivity index (χ3n) is 1.99. The highest BCUT2D eigenvalue weighted by atomic mass is 16.1. The second kappa shape index (κ2) is 2.40. The molecule has 0 saturated carbocycles. The highest BCUT2D eigenvalue weighted by Crippen LogP contribution is 2.17. The van der Waals surface area contributed by atoms with E-state index in [0.29, 0.717) is 6.42 Å². The lowest BCUT2D eigenvalue weighted by atomic mass is 10.1. The van der Waals surface area contributed by atoms with Crippen molar-refractivity contribution >= 4 is 11.5 Å². The van der Waals surface area contributed by atoms with Gasteiger partial charge >= 0.3 is 5.71 Å². The number of fused-ring (bicyclic) bond motifs is 1. The van der Waals surface area contributed by atoms with Crippen LogP contribution in [0.4, 0.5) is 0 Å². The summed E-state index contributed by atoms with van der Waals surface area (Å²) in [7, 11) is 0. The number of carbonyl (C=O) groups is 1. The smallest absolute Gasteiger partial charge is 0.361 e. The summed E-state index contributed by atoms with van der Waals surface area (Å²) in [4.78, 5) is 14.1. The number of ketones is 1. The fourth-order valence-corrected chi connectivity index (χ4v) is 1.42. The van der Waals surface area contributed by atoms with E-state index in [4.69, 9.17) is 5.53 Å². The second-order valence-electron chi connectivity index (χ2n) is 2.71. The summed E-state index contributed by atoms with van der Waals surface area (Å²) in [6.07, 6.45) is 0.357. The summed E-state index contributed by atoms with van der Waals surface area (Å²) < 4.78 is 0. The third kappa shape index (κ3) is 0.807. The SMILES string of the molecule is [N-]=[N+]=C1C(=O)Cc2ccccc21. The fourth-order valence-electron chi connectivity index (χ4n) is 1.42. The lowest BCUT2D eigenvalue weighted by molar-refractivity contribution is -0.115. The molecule has 3 nitrogen and oxygen atoms in total. The van der Waals surface area contributed by atoms with Gasteiger partial charge < -0.3 is 5.53 Å². The van der Waals surface area contributed by atoms with Gasteiger partial charge in [0.25, 0.3) is 0 Å². The number of hydrogen-bond acceptors (Lipinski definition) is 1. The van der Waals surface area contributed by atoms with E-state index in [1.165, 1.54) is 0 Å². The van der Waals surface area contributed by atoms with Gasteiger partial charge in [-0.1, -0.05) is 18.2 Å². The minimum absolute atomic E-state index is 0.112. The van der Waals surface area contributed by atoms with Crippen LogP contribution in [0.15, 0.2) is 24.3 Å². The van der Waals surface area contributed by atoms with Gasteiger partial charge in [0.1, 0.15) is 0 Å². The molecule has 0 fully saturated rings. The molecule has 0 saturated heterocycles. The summed E-state index contributed by atoms with van der Waals surface area (Å²) in [5.41, 5.74) is 10.4. The Hall–Kier alpha value is -1.73. The normalized spacial score (nSPS) is 14.3. The Morgan fingerprint density at radius 3 is 2.83 bits per heavy atom. The molecule has 1 aromatic rings. The molecule has 0 bridgehead atoms. The Balaban J connectivity index is 2.70. The molecular formula is C9H6N2O. The van der Waals surface area contributed by atoms with Crippen LogP contribution in [0.25, 0.3) is 5.53 Å². The quantitative estimate of drug-likeness (QED) is 0.407. The maximum absolute atomic E-state index is 11.2. The van der Waals surface area contributed by atoms with Crippen LogP contribution in [0.3, 0.4) is 0 Å². The molecule has 1 aliphatic carbocycles. The second-order valence-corrected chi connectivity index (χ2v) is 2.71. The molecule has 0 amide bonds. The van der Waals surface area contributed by atoms with Crippen molar-refractivity contribution in [1.29, 1.82) is 0 Å². The van der Waals surface area contributed by atoms with Gasteiger partial charge in [-0.05, 0) is 11.6 Å². The van der Waals surface area contributed by atoms with Crippen molar-refractivity contribution in [3.05, 3.63) is 40.9 Å². The average molecular weight is 158 g/mol. The molecule has 1 aliphatic rings. The molecule has 0 radical (unpaired) electrons. The van der Waals surface area contributed by atoms with Crippen molar-refractivity contribution in [2.75, 3.05) is 0 Å². The number of benzene rings is 1. The Labute approximate surface area is 69.3 Å². The summed E-state index contributed by atoms with van der Waals surface area (Å²) in [6, 6.07) is 7.34. The van der Waals surface area contributed by atoms with Crippen LogP contribution in [0.2, 0.25) is 0 Å². The van der Waals surface area contributed by atoms with E-state index in [-0.39, 0.29) is 11.5 Å². The van der Waals surface area contributed by atoms with Crippen molar-refractivity contribution in [2.45, 2.75) is 6.42 Å². The van der Waals surface area contributed by atoms with Gasteiger partial charge in [-0.15, -0.1) is 0 Å². The molecule has 0 heterocycles. The molecule has 12 heavy (non-hydrogen) atoms. The van der Waals surface area contributed by atoms with E-state index in [1.54, 1.807) is 6.07 Å². The van der Waals surface area contributed by atoms with E-state index in [0.717, 1.165) is 11.1 Å². The standard InChI is InChI=1S/C9H6N2O/c10-11-9-7-4-2-1-3-6(7)5-8(9)12/h1-4H,5H2. The minimum Gasteiger partial charge on any atom is -0.361 e. The van der Waals surface area contributed by atoms with Crippen LogP contribution in [-0.2, 0) is 11.2 Å². The topological polar surface area (TPSA) is 53.5 Å². The molecule has 0 aliphatic heterocycles. The Morgan fingerprint density at radius 2 is 2.08 bits per heavy atom. The van der Waals surface area contributed by atoms with Gasteiger partial charge in [0.15, 0.2) is 0 Å². The Kier molecular flexibility index (Phi) is 1.39. The lowest BCUT2D eigenvalue weighted by Gasteiger charge is -1.88. The number of hydrogen-bond donors (Lipinski definition) is 0. The summed E-state index contributed by atoms with van der Waals surface area (Å²) in [5.74, 6) is -0.112.